The third-order valence-corrected chi connectivity index (χ3v) is 5.80. The number of carbonyl (C=O) groups is 2. The number of hydrogen-bond donors (Lipinski definition) is 1. The van der Waals surface area contributed by atoms with Crippen LogP contribution in [0.4, 0.5) is 5.13 Å². The normalized spacial score (nSPS) is 18.5. The van der Waals surface area contributed by atoms with Gasteiger partial charge < -0.3 is 10.2 Å². The topological polar surface area (TPSA) is 62.3 Å². The minimum absolute atomic E-state index is 0.0679. The number of hydrogen-bond acceptors (Lipinski definition) is 4. The number of anilines is 1. The van der Waals surface area contributed by atoms with Crippen molar-refractivity contribution in [1.82, 2.24) is 9.88 Å². The summed E-state index contributed by atoms with van der Waals surface area (Å²) in [4.78, 5) is 30.8. The molecule has 2 aromatic rings. The molecule has 0 bridgehead atoms. The Morgan fingerprint density at radius 1 is 1.31 bits per heavy atom. The maximum absolute atomic E-state index is 13.3. The molecule has 0 radical (unpaired) electrons. The van der Waals surface area contributed by atoms with Crippen molar-refractivity contribution in [3.63, 3.8) is 0 Å². The van der Waals surface area contributed by atoms with Gasteiger partial charge in [0.15, 0.2) is 5.13 Å². The van der Waals surface area contributed by atoms with Crippen molar-refractivity contribution in [3.05, 3.63) is 47.0 Å². The second kappa shape index (κ2) is 7.58. The zero-order valence-corrected chi connectivity index (χ0v) is 16.3. The Balaban J connectivity index is 1.88. The third-order valence-electron chi connectivity index (χ3n) is 5.04. The largest absolute Gasteiger partial charge is 0.329 e. The van der Waals surface area contributed by atoms with Crippen LogP contribution >= 0.6 is 11.3 Å². The molecular weight excluding hydrogens is 346 g/mol. The fraction of sp³-hybridized carbons (Fsp3) is 0.450. The Kier molecular flexibility index (Phi) is 5.41. The highest BCUT2D eigenvalue weighted by atomic mass is 32.1. The number of nitrogens with zero attached hydrogens (tertiary/aromatic N) is 2. The predicted octanol–water partition coefficient (Wildman–Crippen LogP) is 4.32. The standard InChI is InChI=1S/C20H25N3O2S/c1-14(24)21-19-22-16(13-26-19)18(25)23(12-15-8-5-4-6-9-15)17-10-7-11-20(17,2)3/h4-6,8-9,13,17H,7,10-12H2,1-3H3,(H,21,22,24). The van der Waals surface area contributed by atoms with Crippen molar-refractivity contribution < 1.29 is 9.59 Å². The van der Waals surface area contributed by atoms with E-state index >= 15 is 0 Å². The quantitative estimate of drug-likeness (QED) is 0.851. The van der Waals surface area contributed by atoms with Gasteiger partial charge in [0.2, 0.25) is 5.91 Å². The molecule has 1 aliphatic rings. The van der Waals surface area contributed by atoms with Crippen molar-refractivity contribution >= 4 is 28.3 Å². The van der Waals surface area contributed by atoms with Gasteiger partial charge in [-0.3, -0.25) is 9.59 Å². The molecule has 1 aromatic heterocycles. The first-order chi connectivity index (χ1) is 12.4. The molecule has 1 aromatic carbocycles. The molecule has 5 nitrogen and oxygen atoms in total. The van der Waals surface area contributed by atoms with Crippen LogP contribution in [0.15, 0.2) is 35.7 Å². The smallest absolute Gasteiger partial charge is 0.273 e. The Hall–Kier alpha value is -2.21. The zero-order chi connectivity index (χ0) is 18.7. The molecule has 2 amide bonds. The highest BCUT2D eigenvalue weighted by Gasteiger charge is 2.41. The van der Waals surface area contributed by atoms with E-state index in [0.29, 0.717) is 17.4 Å². The minimum Gasteiger partial charge on any atom is -0.329 e. The first-order valence-electron chi connectivity index (χ1n) is 8.95. The molecule has 6 heteroatoms. The zero-order valence-electron chi connectivity index (χ0n) is 15.5. The van der Waals surface area contributed by atoms with Crippen molar-refractivity contribution in [2.75, 3.05) is 5.32 Å². The van der Waals surface area contributed by atoms with Gasteiger partial charge in [0.1, 0.15) is 5.69 Å². The molecule has 0 aliphatic heterocycles. The lowest BCUT2D eigenvalue weighted by Crippen LogP contribution is -2.45. The molecule has 1 aliphatic carbocycles. The van der Waals surface area contributed by atoms with E-state index in [9.17, 15) is 9.59 Å². The fourth-order valence-corrected chi connectivity index (χ4v) is 4.45. The van der Waals surface area contributed by atoms with Gasteiger partial charge in [0.25, 0.3) is 5.91 Å². The van der Waals surface area contributed by atoms with Gasteiger partial charge in [-0.15, -0.1) is 11.3 Å². The lowest BCUT2D eigenvalue weighted by atomic mass is 9.86. The average molecular weight is 372 g/mol. The molecule has 0 spiro atoms. The SMILES string of the molecule is CC(=O)Nc1nc(C(=O)N(Cc2ccccc2)C2CCCC2(C)C)cs1. The molecule has 3 rings (SSSR count). The molecule has 1 unspecified atom stereocenters. The van der Waals surface area contributed by atoms with Crippen LogP contribution in [0.3, 0.4) is 0 Å². The lowest BCUT2D eigenvalue weighted by molar-refractivity contribution is -0.114. The van der Waals surface area contributed by atoms with E-state index in [1.54, 1.807) is 5.38 Å². The maximum atomic E-state index is 13.3. The van der Waals surface area contributed by atoms with E-state index in [1.807, 2.05) is 35.2 Å². The number of rotatable bonds is 5. The summed E-state index contributed by atoms with van der Waals surface area (Å²) in [6.07, 6.45) is 3.25. The van der Waals surface area contributed by atoms with Gasteiger partial charge in [-0.2, -0.15) is 0 Å². The van der Waals surface area contributed by atoms with Crippen LogP contribution in [0, 0.1) is 5.41 Å². The minimum atomic E-state index is -0.184. The van der Waals surface area contributed by atoms with E-state index in [-0.39, 0.29) is 23.3 Å². The van der Waals surface area contributed by atoms with E-state index in [4.69, 9.17) is 0 Å². The summed E-state index contributed by atoms with van der Waals surface area (Å²) in [6, 6.07) is 10.2. The number of benzene rings is 1. The van der Waals surface area contributed by atoms with Crippen LogP contribution in [0.25, 0.3) is 0 Å². The Morgan fingerprint density at radius 3 is 2.65 bits per heavy atom. The van der Waals surface area contributed by atoms with E-state index in [0.717, 1.165) is 24.8 Å². The van der Waals surface area contributed by atoms with E-state index in [1.165, 1.54) is 18.3 Å². The Labute approximate surface area is 158 Å². The van der Waals surface area contributed by atoms with Gasteiger partial charge in [-0.25, -0.2) is 4.98 Å². The van der Waals surface area contributed by atoms with Gasteiger partial charge in [0.05, 0.1) is 0 Å². The fourth-order valence-electron chi connectivity index (χ4n) is 3.72. The summed E-state index contributed by atoms with van der Waals surface area (Å²) < 4.78 is 0. The molecule has 0 saturated heterocycles. The second-order valence-electron chi connectivity index (χ2n) is 7.53. The molecule has 1 heterocycles. The van der Waals surface area contributed by atoms with Gasteiger partial charge in [-0.05, 0) is 23.8 Å². The summed E-state index contributed by atoms with van der Waals surface area (Å²) in [7, 11) is 0. The van der Waals surface area contributed by atoms with Crippen molar-refractivity contribution in [1.29, 1.82) is 0 Å². The molecular formula is C20H25N3O2S. The summed E-state index contributed by atoms with van der Waals surface area (Å²) in [5.41, 5.74) is 1.60. The van der Waals surface area contributed by atoms with Crippen LogP contribution in [0.2, 0.25) is 0 Å². The lowest BCUT2D eigenvalue weighted by Gasteiger charge is -2.37. The molecule has 1 fully saturated rings. The second-order valence-corrected chi connectivity index (χ2v) is 8.39. The molecule has 26 heavy (non-hydrogen) atoms. The first-order valence-corrected chi connectivity index (χ1v) is 9.83. The Bertz CT molecular complexity index is 785. The van der Waals surface area contributed by atoms with Crippen molar-refractivity contribution in [3.8, 4) is 0 Å². The van der Waals surface area contributed by atoms with Crippen LogP contribution < -0.4 is 5.32 Å². The van der Waals surface area contributed by atoms with Crippen LogP contribution in [-0.2, 0) is 11.3 Å². The molecule has 1 atom stereocenters. The van der Waals surface area contributed by atoms with E-state index in [2.05, 4.69) is 24.1 Å². The summed E-state index contributed by atoms with van der Waals surface area (Å²) in [5.74, 6) is -0.252. The van der Waals surface area contributed by atoms with Crippen LogP contribution in [-0.4, -0.2) is 27.7 Å². The van der Waals surface area contributed by atoms with Crippen molar-refractivity contribution in [2.24, 2.45) is 5.41 Å². The first kappa shape index (κ1) is 18.6. The summed E-state index contributed by atoms with van der Waals surface area (Å²) in [5, 5.41) is 4.85. The van der Waals surface area contributed by atoms with Crippen LogP contribution in [0.1, 0.15) is 56.1 Å². The van der Waals surface area contributed by atoms with Gasteiger partial charge in [0, 0.05) is 24.9 Å². The number of thiazole rings is 1. The molecule has 1 saturated carbocycles. The van der Waals surface area contributed by atoms with E-state index < -0.39 is 0 Å². The monoisotopic (exact) mass is 371 g/mol. The number of carbonyl (C=O) groups excluding carboxylic acids is 2. The highest BCUT2D eigenvalue weighted by molar-refractivity contribution is 7.14. The van der Waals surface area contributed by atoms with Gasteiger partial charge >= 0.3 is 0 Å². The highest BCUT2D eigenvalue weighted by Crippen LogP contribution is 2.41. The predicted molar refractivity (Wildman–Crippen MR) is 104 cm³/mol. The van der Waals surface area contributed by atoms with Gasteiger partial charge in [-0.1, -0.05) is 50.6 Å². The summed E-state index contributed by atoms with van der Waals surface area (Å²) in [6.45, 7) is 6.48. The number of nitrogens with one attached hydrogen (secondary N) is 1. The molecule has 1 N–H and O–H groups in total. The number of amides is 2. The number of aromatic nitrogens is 1. The van der Waals surface area contributed by atoms with Crippen LogP contribution in [0.5, 0.6) is 0 Å². The molecule has 138 valence electrons. The Morgan fingerprint density at radius 2 is 2.04 bits per heavy atom. The third kappa shape index (κ3) is 4.12. The average Bonchev–Trinajstić information content (AvgIpc) is 3.18. The van der Waals surface area contributed by atoms with Crippen molar-refractivity contribution in [2.45, 2.75) is 52.6 Å². The summed E-state index contributed by atoms with van der Waals surface area (Å²) >= 11 is 1.28. The maximum Gasteiger partial charge on any atom is 0.273 e.